The second-order valence-electron chi connectivity index (χ2n) is 7.90. The van der Waals surface area contributed by atoms with Crippen LogP contribution in [0.15, 0.2) is 36.5 Å². The van der Waals surface area contributed by atoms with Crippen molar-refractivity contribution in [3.05, 3.63) is 42.3 Å². The van der Waals surface area contributed by atoms with Crippen LogP contribution < -0.4 is 20.7 Å². The van der Waals surface area contributed by atoms with E-state index >= 15 is 0 Å². The first-order valence-electron chi connectivity index (χ1n) is 10.6. The Morgan fingerprint density at radius 3 is 2.66 bits per heavy atom. The van der Waals surface area contributed by atoms with E-state index in [2.05, 4.69) is 20.9 Å². The molecule has 0 bridgehead atoms. The molecule has 0 spiro atoms. The third-order valence-electron chi connectivity index (χ3n) is 5.20. The molecule has 1 saturated carbocycles. The van der Waals surface area contributed by atoms with E-state index in [1.54, 1.807) is 17.0 Å². The Bertz CT molecular complexity index is 1020. The van der Waals surface area contributed by atoms with Crippen LogP contribution in [0.1, 0.15) is 32.1 Å². The SMILES string of the molecule is O=C(CC1CC1)NC(=S)Nc1ccc(Oc2ccnc(NC(=O)N3CCCC3)c2)c(F)c1. The van der Waals surface area contributed by atoms with Crippen molar-refractivity contribution in [1.82, 2.24) is 15.2 Å². The first-order chi connectivity index (χ1) is 15.5. The smallest absolute Gasteiger partial charge is 0.323 e. The van der Waals surface area contributed by atoms with Gasteiger partial charge in [-0.3, -0.25) is 10.1 Å². The van der Waals surface area contributed by atoms with Gasteiger partial charge in [0, 0.05) is 43.5 Å². The zero-order valence-corrected chi connectivity index (χ0v) is 18.2. The van der Waals surface area contributed by atoms with E-state index in [1.165, 1.54) is 24.4 Å². The number of carbonyl (C=O) groups is 2. The lowest BCUT2D eigenvalue weighted by molar-refractivity contribution is -0.119. The van der Waals surface area contributed by atoms with Gasteiger partial charge in [-0.15, -0.1) is 0 Å². The molecule has 2 fully saturated rings. The van der Waals surface area contributed by atoms with Crippen LogP contribution in [0.3, 0.4) is 0 Å². The molecule has 32 heavy (non-hydrogen) atoms. The predicted octanol–water partition coefficient (Wildman–Crippen LogP) is 4.25. The topological polar surface area (TPSA) is 95.6 Å². The molecule has 1 saturated heterocycles. The Hall–Kier alpha value is -3.27. The molecule has 1 aromatic carbocycles. The van der Waals surface area contributed by atoms with Crippen molar-refractivity contribution >= 4 is 40.8 Å². The number of pyridine rings is 1. The molecule has 1 aliphatic carbocycles. The van der Waals surface area contributed by atoms with Gasteiger partial charge in [-0.05, 0) is 62.0 Å². The van der Waals surface area contributed by atoms with Gasteiger partial charge in [-0.2, -0.15) is 0 Å². The average Bonchev–Trinajstić information content (AvgIpc) is 3.37. The lowest BCUT2D eigenvalue weighted by Gasteiger charge is -2.16. The number of rotatable bonds is 6. The van der Waals surface area contributed by atoms with E-state index in [-0.39, 0.29) is 22.8 Å². The second-order valence-corrected chi connectivity index (χ2v) is 8.31. The van der Waals surface area contributed by atoms with Gasteiger partial charge in [0.05, 0.1) is 0 Å². The summed E-state index contributed by atoms with van der Waals surface area (Å²) >= 11 is 5.11. The minimum atomic E-state index is -0.610. The fourth-order valence-corrected chi connectivity index (χ4v) is 3.60. The molecule has 0 atom stereocenters. The summed E-state index contributed by atoms with van der Waals surface area (Å²) in [6.45, 7) is 1.45. The molecule has 4 rings (SSSR count). The fourth-order valence-electron chi connectivity index (χ4n) is 3.36. The van der Waals surface area contributed by atoms with E-state index in [4.69, 9.17) is 17.0 Å². The van der Waals surface area contributed by atoms with E-state index in [9.17, 15) is 14.0 Å². The lowest BCUT2D eigenvalue weighted by Crippen LogP contribution is -2.34. The van der Waals surface area contributed by atoms with Crippen molar-refractivity contribution in [2.45, 2.75) is 32.1 Å². The van der Waals surface area contributed by atoms with Gasteiger partial charge in [-0.25, -0.2) is 14.2 Å². The lowest BCUT2D eigenvalue weighted by atomic mass is 10.3. The summed E-state index contributed by atoms with van der Waals surface area (Å²) in [5, 5.41) is 8.25. The number of ether oxygens (including phenoxy) is 1. The Morgan fingerprint density at radius 2 is 1.94 bits per heavy atom. The number of urea groups is 1. The first kappa shape index (κ1) is 21.9. The summed E-state index contributed by atoms with van der Waals surface area (Å²) in [7, 11) is 0. The van der Waals surface area contributed by atoms with Crippen LogP contribution in [-0.4, -0.2) is 40.0 Å². The Morgan fingerprint density at radius 1 is 1.16 bits per heavy atom. The first-order valence-corrected chi connectivity index (χ1v) is 11.0. The highest BCUT2D eigenvalue weighted by Crippen LogP contribution is 2.32. The van der Waals surface area contributed by atoms with Crippen molar-refractivity contribution in [1.29, 1.82) is 0 Å². The van der Waals surface area contributed by atoms with Crippen molar-refractivity contribution in [3.63, 3.8) is 0 Å². The molecule has 3 N–H and O–H groups in total. The maximum Gasteiger partial charge on any atom is 0.323 e. The Labute approximate surface area is 190 Å². The Kier molecular flexibility index (Phi) is 6.79. The normalized spacial score (nSPS) is 15.2. The van der Waals surface area contributed by atoms with Crippen LogP contribution in [0.5, 0.6) is 11.5 Å². The molecule has 8 nitrogen and oxygen atoms in total. The number of anilines is 2. The van der Waals surface area contributed by atoms with Gasteiger partial charge in [0.25, 0.3) is 0 Å². The van der Waals surface area contributed by atoms with E-state index in [1.807, 2.05) is 0 Å². The third-order valence-corrected chi connectivity index (χ3v) is 5.41. The van der Waals surface area contributed by atoms with Gasteiger partial charge in [0.1, 0.15) is 11.6 Å². The summed E-state index contributed by atoms with van der Waals surface area (Å²) in [5.41, 5.74) is 0.389. The maximum absolute atomic E-state index is 14.6. The number of likely N-dealkylation sites (tertiary alicyclic amines) is 1. The highest BCUT2D eigenvalue weighted by Gasteiger charge is 2.24. The molecule has 2 aliphatic rings. The van der Waals surface area contributed by atoms with Crippen molar-refractivity contribution < 1.29 is 18.7 Å². The number of hydrogen-bond acceptors (Lipinski definition) is 5. The third kappa shape index (κ3) is 6.13. The number of nitrogens with zero attached hydrogens (tertiary/aromatic N) is 2. The van der Waals surface area contributed by atoms with Crippen molar-refractivity contribution in [2.75, 3.05) is 23.7 Å². The molecule has 1 aliphatic heterocycles. The van der Waals surface area contributed by atoms with Crippen LogP contribution in [0, 0.1) is 11.7 Å². The molecule has 0 radical (unpaired) electrons. The molecule has 2 heterocycles. The highest BCUT2D eigenvalue weighted by molar-refractivity contribution is 7.80. The minimum absolute atomic E-state index is 0.00209. The zero-order chi connectivity index (χ0) is 22.5. The second kappa shape index (κ2) is 9.90. The van der Waals surface area contributed by atoms with Crippen LogP contribution in [0.2, 0.25) is 0 Å². The number of carbonyl (C=O) groups excluding carboxylic acids is 2. The number of benzene rings is 1. The predicted molar refractivity (Wildman–Crippen MR) is 122 cm³/mol. The van der Waals surface area contributed by atoms with Crippen molar-refractivity contribution in [2.24, 2.45) is 5.92 Å². The highest BCUT2D eigenvalue weighted by atomic mass is 32.1. The minimum Gasteiger partial charge on any atom is -0.454 e. The van der Waals surface area contributed by atoms with Crippen LogP contribution in [0.4, 0.5) is 20.7 Å². The van der Waals surface area contributed by atoms with Gasteiger partial charge in [0.15, 0.2) is 16.7 Å². The number of halogens is 1. The molecule has 1 aromatic heterocycles. The summed E-state index contributed by atoms with van der Waals surface area (Å²) in [5.74, 6) is 0.359. The van der Waals surface area contributed by atoms with Gasteiger partial charge in [0.2, 0.25) is 5.91 Å². The van der Waals surface area contributed by atoms with E-state index in [0.29, 0.717) is 29.6 Å². The largest absolute Gasteiger partial charge is 0.454 e. The summed E-state index contributed by atoms with van der Waals surface area (Å²) < 4.78 is 20.2. The quantitative estimate of drug-likeness (QED) is 0.561. The van der Waals surface area contributed by atoms with Gasteiger partial charge >= 0.3 is 6.03 Å². The number of amides is 3. The standard InChI is InChI=1S/C22H24FN5O3S/c23-17-12-15(25-21(32)27-20(29)11-14-3-4-14)5-6-18(17)31-16-7-8-24-19(13-16)26-22(30)28-9-1-2-10-28/h5-8,12-14H,1-4,9-11H2,(H,24,26,30)(H2,25,27,29,32). The van der Waals surface area contributed by atoms with Crippen LogP contribution >= 0.6 is 12.2 Å². The molecule has 2 aromatic rings. The monoisotopic (exact) mass is 457 g/mol. The maximum atomic E-state index is 14.6. The number of aromatic nitrogens is 1. The van der Waals surface area contributed by atoms with Gasteiger partial charge < -0.3 is 20.3 Å². The summed E-state index contributed by atoms with van der Waals surface area (Å²) in [4.78, 5) is 29.9. The van der Waals surface area contributed by atoms with Crippen molar-refractivity contribution in [3.8, 4) is 11.5 Å². The van der Waals surface area contributed by atoms with Crippen LogP contribution in [-0.2, 0) is 4.79 Å². The fraction of sp³-hybridized carbons (Fsp3) is 0.364. The Balaban J connectivity index is 1.33. The van der Waals surface area contributed by atoms with E-state index in [0.717, 1.165) is 38.8 Å². The molecular weight excluding hydrogens is 433 g/mol. The molecular formula is C22H24FN5O3S. The van der Waals surface area contributed by atoms with E-state index < -0.39 is 5.82 Å². The summed E-state index contributed by atoms with van der Waals surface area (Å²) in [6, 6.07) is 7.16. The summed E-state index contributed by atoms with van der Waals surface area (Å²) in [6.07, 6.45) is 6.06. The molecule has 3 amide bonds. The number of hydrogen-bond donors (Lipinski definition) is 3. The van der Waals surface area contributed by atoms with Crippen LogP contribution in [0.25, 0.3) is 0 Å². The number of thiocarbonyl (C=S) groups is 1. The number of nitrogens with one attached hydrogen (secondary N) is 3. The molecule has 0 unspecified atom stereocenters. The molecule has 10 heteroatoms. The zero-order valence-electron chi connectivity index (χ0n) is 17.4. The van der Waals surface area contributed by atoms with Gasteiger partial charge in [-0.1, -0.05) is 0 Å². The average molecular weight is 458 g/mol. The molecule has 168 valence electrons.